The van der Waals surface area contributed by atoms with E-state index in [0.717, 1.165) is 25.9 Å². The smallest absolute Gasteiger partial charge is 0.211 e. The third kappa shape index (κ3) is 4.91. The minimum absolute atomic E-state index is 0.163. The van der Waals surface area contributed by atoms with Gasteiger partial charge in [0.2, 0.25) is 10.0 Å². The molecule has 0 spiro atoms. The number of aliphatic hydroxyl groups is 1. The van der Waals surface area contributed by atoms with E-state index in [1.807, 2.05) is 0 Å². The number of sulfonamides is 1. The van der Waals surface area contributed by atoms with E-state index in [9.17, 15) is 8.42 Å². The second-order valence-electron chi connectivity index (χ2n) is 4.75. The molecule has 1 fully saturated rings. The van der Waals surface area contributed by atoms with Crippen LogP contribution in [0.25, 0.3) is 0 Å². The zero-order valence-electron chi connectivity index (χ0n) is 10.8. The van der Waals surface area contributed by atoms with Gasteiger partial charge in [-0.05, 0) is 25.3 Å². The first kappa shape index (κ1) is 14.9. The number of hydrogen-bond acceptors (Lipinski definition) is 4. The molecule has 0 aromatic carbocycles. The van der Waals surface area contributed by atoms with Gasteiger partial charge in [-0.15, -0.1) is 0 Å². The van der Waals surface area contributed by atoms with E-state index in [1.165, 1.54) is 6.26 Å². The maximum Gasteiger partial charge on any atom is 0.211 e. The predicted molar refractivity (Wildman–Crippen MR) is 68.3 cm³/mol. The molecule has 1 N–H and O–H groups in total. The van der Waals surface area contributed by atoms with Gasteiger partial charge in [-0.1, -0.05) is 6.92 Å². The molecular weight excluding hydrogens is 240 g/mol. The highest BCUT2D eigenvalue weighted by Crippen LogP contribution is 2.19. The Labute approximate surface area is 104 Å². The van der Waals surface area contributed by atoms with Crippen LogP contribution in [-0.2, 0) is 10.0 Å². The fraction of sp³-hybridized carbons (Fsp3) is 1.00. The molecule has 1 saturated heterocycles. The molecule has 5 nitrogen and oxygen atoms in total. The molecule has 0 aliphatic carbocycles. The zero-order valence-corrected chi connectivity index (χ0v) is 11.6. The molecular formula is C11H24N2O3S. The van der Waals surface area contributed by atoms with Crippen LogP contribution in [0, 0.1) is 5.92 Å². The Morgan fingerprint density at radius 1 is 1.47 bits per heavy atom. The summed E-state index contributed by atoms with van der Waals surface area (Å²) >= 11 is 0. The molecule has 1 aliphatic rings. The molecule has 6 heteroatoms. The number of hydrogen-bond donors (Lipinski definition) is 1. The minimum Gasteiger partial charge on any atom is -0.395 e. The van der Waals surface area contributed by atoms with E-state index < -0.39 is 10.0 Å². The van der Waals surface area contributed by atoms with E-state index >= 15 is 0 Å². The maximum atomic E-state index is 11.5. The van der Waals surface area contributed by atoms with Gasteiger partial charge in [0.25, 0.3) is 0 Å². The van der Waals surface area contributed by atoms with Crippen LogP contribution in [0.2, 0.25) is 0 Å². The Morgan fingerprint density at radius 3 is 2.71 bits per heavy atom. The molecule has 17 heavy (non-hydrogen) atoms. The van der Waals surface area contributed by atoms with E-state index in [1.54, 1.807) is 4.31 Å². The van der Waals surface area contributed by atoms with Crippen LogP contribution < -0.4 is 0 Å². The summed E-state index contributed by atoms with van der Waals surface area (Å²) in [6.45, 7) is 5.95. The lowest BCUT2D eigenvalue weighted by molar-refractivity contribution is 0.154. The van der Waals surface area contributed by atoms with Gasteiger partial charge in [0.05, 0.1) is 12.9 Å². The van der Waals surface area contributed by atoms with Gasteiger partial charge in [-0.25, -0.2) is 12.7 Å². The standard InChI is InChI=1S/C11H24N2O3S/c1-3-12(7-8-14)9-11-5-4-6-13(10-11)17(2,15)16/h11,14H,3-10H2,1-2H3. The van der Waals surface area contributed by atoms with Crippen molar-refractivity contribution in [1.29, 1.82) is 0 Å². The fourth-order valence-corrected chi connectivity index (χ4v) is 3.30. The van der Waals surface area contributed by atoms with Crippen molar-refractivity contribution in [3.63, 3.8) is 0 Å². The van der Waals surface area contributed by atoms with Gasteiger partial charge in [0.15, 0.2) is 0 Å². The van der Waals surface area contributed by atoms with Crippen LogP contribution in [-0.4, -0.2) is 68.3 Å². The first-order chi connectivity index (χ1) is 7.97. The van der Waals surface area contributed by atoms with Gasteiger partial charge >= 0.3 is 0 Å². The molecule has 0 saturated carbocycles. The van der Waals surface area contributed by atoms with E-state index in [-0.39, 0.29) is 6.61 Å². The van der Waals surface area contributed by atoms with E-state index in [4.69, 9.17) is 5.11 Å². The molecule has 1 heterocycles. The topological polar surface area (TPSA) is 60.9 Å². The summed E-state index contributed by atoms with van der Waals surface area (Å²) in [5.41, 5.74) is 0. The van der Waals surface area contributed by atoms with Crippen molar-refractivity contribution < 1.29 is 13.5 Å². The summed E-state index contributed by atoms with van der Waals surface area (Å²) in [7, 11) is -3.05. The Kier molecular flexibility index (Phi) is 5.85. The molecule has 102 valence electrons. The first-order valence-corrected chi connectivity index (χ1v) is 8.10. The summed E-state index contributed by atoms with van der Waals surface area (Å²) in [6, 6.07) is 0. The highest BCUT2D eigenvalue weighted by atomic mass is 32.2. The van der Waals surface area contributed by atoms with Crippen LogP contribution >= 0.6 is 0 Å². The molecule has 1 unspecified atom stereocenters. The highest BCUT2D eigenvalue weighted by molar-refractivity contribution is 7.88. The average Bonchev–Trinajstić information content (AvgIpc) is 2.28. The Hall–Kier alpha value is -0.170. The lowest BCUT2D eigenvalue weighted by Gasteiger charge is -2.33. The molecule has 0 aromatic heterocycles. The van der Waals surface area contributed by atoms with Crippen LogP contribution in [0.5, 0.6) is 0 Å². The predicted octanol–water partition coefficient (Wildman–Crippen LogP) is -0.0278. The van der Waals surface area contributed by atoms with Gasteiger partial charge in [-0.2, -0.15) is 0 Å². The fourth-order valence-electron chi connectivity index (χ4n) is 2.36. The number of rotatable bonds is 6. The SMILES string of the molecule is CCN(CCO)CC1CCCN(S(C)(=O)=O)C1. The molecule has 1 rings (SSSR count). The Morgan fingerprint density at radius 2 is 2.18 bits per heavy atom. The number of likely N-dealkylation sites (N-methyl/N-ethyl adjacent to an activating group) is 1. The van der Waals surface area contributed by atoms with Crippen LogP contribution in [0.3, 0.4) is 0 Å². The largest absolute Gasteiger partial charge is 0.395 e. The van der Waals surface area contributed by atoms with E-state index in [0.29, 0.717) is 25.6 Å². The van der Waals surface area contributed by atoms with Gasteiger partial charge in [0, 0.05) is 26.2 Å². The van der Waals surface area contributed by atoms with Crippen molar-refractivity contribution in [2.24, 2.45) is 5.92 Å². The lowest BCUT2D eigenvalue weighted by Crippen LogP contribution is -2.43. The van der Waals surface area contributed by atoms with Crippen molar-refractivity contribution in [3.8, 4) is 0 Å². The van der Waals surface area contributed by atoms with Crippen LogP contribution in [0.1, 0.15) is 19.8 Å². The second-order valence-corrected chi connectivity index (χ2v) is 6.73. The Balaban J connectivity index is 2.49. The van der Waals surface area contributed by atoms with Crippen molar-refractivity contribution in [1.82, 2.24) is 9.21 Å². The van der Waals surface area contributed by atoms with Crippen molar-refractivity contribution in [3.05, 3.63) is 0 Å². The second kappa shape index (κ2) is 6.68. The molecule has 1 aliphatic heterocycles. The number of nitrogens with zero attached hydrogens (tertiary/aromatic N) is 2. The molecule has 0 amide bonds. The first-order valence-electron chi connectivity index (χ1n) is 6.25. The van der Waals surface area contributed by atoms with Crippen molar-refractivity contribution in [2.45, 2.75) is 19.8 Å². The minimum atomic E-state index is -3.05. The van der Waals surface area contributed by atoms with Crippen LogP contribution in [0.4, 0.5) is 0 Å². The van der Waals surface area contributed by atoms with Gasteiger partial charge < -0.3 is 10.0 Å². The van der Waals surface area contributed by atoms with Gasteiger partial charge in [0.1, 0.15) is 0 Å². The molecule has 0 aromatic rings. The summed E-state index contributed by atoms with van der Waals surface area (Å²) in [5, 5.41) is 8.93. The normalized spacial score (nSPS) is 23.2. The van der Waals surface area contributed by atoms with Gasteiger partial charge in [-0.3, -0.25) is 0 Å². The summed E-state index contributed by atoms with van der Waals surface area (Å²) in [5.74, 6) is 0.393. The number of aliphatic hydroxyl groups excluding tert-OH is 1. The summed E-state index contributed by atoms with van der Waals surface area (Å²) < 4.78 is 24.5. The quantitative estimate of drug-likeness (QED) is 0.732. The zero-order chi connectivity index (χ0) is 12.9. The lowest BCUT2D eigenvalue weighted by atomic mass is 9.99. The van der Waals surface area contributed by atoms with Crippen molar-refractivity contribution in [2.75, 3.05) is 45.6 Å². The van der Waals surface area contributed by atoms with Crippen LogP contribution in [0.15, 0.2) is 0 Å². The third-order valence-corrected chi connectivity index (χ3v) is 4.60. The monoisotopic (exact) mass is 264 g/mol. The summed E-state index contributed by atoms with van der Waals surface area (Å²) in [4.78, 5) is 2.18. The maximum absolute atomic E-state index is 11.5. The summed E-state index contributed by atoms with van der Waals surface area (Å²) in [6.07, 6.45) is 3.29. The Bertz CT molecular complexity index is 319. The van der Waals surface area contributed by atoms with E-state index in [2.05, 4.69) is 11.8 Å². The highest BCUT2D eigenvalue weighted by Gasteiger charge is 2.26. The molecule has 0 bridgehead atoms. The number of piperidine rings is 1. The molecule has 0 radical (unpaired) electrons. The average molecular weight is 264 g/mol. The van der Waals surface area contributed by atoms with Crippen molar-refractivity contribution >= 4 is 10.0 Å². The third-order valence-electron chi connectivity index (χ3n) is 3.33. The molecule has 1 atom stereocenters.